The van der Waals surface area contributed by atoms with Crippen molar-refractivity contribution in [2.75, 3.05) is 20.1 Å². The molecule has 2 aromatic carbocycles. The minimum atomic E-state index is -1.02. The van der Waals surface area contributed by atoms with Gasteiger partial charge in [0, 0.05) is 24.7 Å². The predicted molar refractivity (Wildman–Crippen MR) is 97.6 cm³/mol. The van der Waals surface area contributed by atoms with E-state index in [1.807, 2.05) is 31.3 Å². The number of para-hydroxylation sites is 2. The third kappa shape index (κ3) is 3.65. The molecule has 7 heteroatoms. The van der Waals surface area contributed by atoms with Crippen molar-refractivity contribution in [2.24, 2.45) is 0 Å². The van der Waals surface area contributed by atoms with Crippen LogP contribution in [0, 0.1) is 11.6 Å². The van der Waals surface area contributed by atoms with Crippen LogP contribution in [0.3, 0.4) is 0 Å². The van der Waals surface area contributed by atoms with Crippen LogP contribution in [0.2, 0.25) is 0 Å². The number of ether oxygens (including phenoxy) is 1. The van der Waals surface area contributed by atoms with E-state index in [9.17, 15) is 13.9 Å². The monoisotopic (exact) mass is 373 g/mol. The molecule has 27 heavy (non-hydrogen) atoms. The van der Waals surface area contributed by atoms with Crippen LogP contribution < -0.4 is 0 Å². The molecule has 0 radical (unpaired) electrons. The molecular weight excluding hydrogens is 352 g/mol. The molecule has 0 spiro atoms. The van der Waals surface area contributed by atoms with Gasteiger partial charge in [-0.25, -0.2) is 13.8 Å². The number of phenols is 1. The molecule has 1 fully saturated rings. The van der Waals surface area contributed by atoms with Gasteiger partial charge in [-0.15, -0.1) is 0 Å². The summed E-state index contributed by atoms with van der Waals surface area (Å²) >= 11 is 0. The third-order valence-corrected chi connectivity index (χ3v) is 4.99. The summed E-state index contributed by atoms with van der Waals surface area (Å²) in [7, 11) is 2.04. The van der Waals surface area contributed by atoms with E-state index in [1.54, 1.807) is 0 Å². The summed E-state index contributed by atoms with van der Waals surface area (Å²) in [6.07, 6.45) is 0.610. The lowest BCUT2D eigenvalue weighted by atomic mass is 10.0. The number of aromatic nitrogens is 2. The van der Waals surface area contributed by atoms with Crippen molar-refractivity contribution >= 4 is 11.0 Å². The summed E-state index contributed by atoms with van der Waals surface area (Å²) in [5, 5.41) is 10.2. The maximum absolute atomic E-state index is 14.0. The molecule has 1 atom stereocenters. The standard InChI is InChI=1S/C20H21F2N3O2/c1-25-8-6-13(7-9-25)27-19(14-10-12(21)11-15(22)18(14)26)20-23-16-4-2-3-5-17(16)24-20/h2-5,10-11,13,19,26H,6-9H2,1H3,(H,23,24). The van der Waals surface area contributed by atoms with Crippen LogP contribution in [0.15, 0.2) is 36.4 Å². The number of benzene rings is 2. The molecule has 142 valence electrons. The molecule has 0 bridgehead atoms. The van der Waals surface area contributed by atoms with Gasteiger partial charge in [0.2, 0.25) is 0 Å². The van der Waals surface area contributed by atoms with Crippen LogP contribution in [-0.4, -0.2) is 46.2 Å². The number of fused-ring (bicyclic) bond motifs is 1. The van der Waals surface area contributed by atoms with Gasteiger partial charge in [0.25, 0.3) is 0 Å². The van der Waals surface area contributed by atoms with Crippen LogP contribution in [-0.2, 0) is 4.74 Å². The Morgan fingerprint density at radius 2 is 1.96 bits per heavy atom. The highest BCUT2D eigenvalue weighted by atomic mass is 19.1. The van der Waals surface area contributed by atoms with Crippen molar-refractivity contribution in [3.63, 3.8) is 0 Å². The Kier molecular flexibility index (Phi) is 4.80. The van der Waals surface area contributed by atoms with Gasteiger partial charge in [-0.3, -0.25) is 0 Å². The number of phenolic OH excluding ortho intramolecular Hbond substituents is 1. The van der Waals surface area contributed by atoms with E-state index >= 15 is 0 Å². The topological polar surface area (TPSA) is 61.4 Å². The van der Waals surface area contributed by atoms with Crippen molar-refractivity contribution < 1.29 is 18.6 Å². The van der Waals surface area contributed by atoms with E-state index in [0.29, 0.717) is 11.9 Å². The van der Waals surface area contributed by atoms with Gasteiger partial charge in [0.1, 0.15) is 17.7 Å². The number of aromatic hydroxyl groups is 1. The molecule has 0 saturated carbocycles. The first-order chi connectivity index (χ1) is 13.0. The fourth-order valence-corrected chi connectivity index (χ4v) is 3.48. The normalized spacial score (nSPS) is 17.4. The summed E-state index contributed by atoms with van der Waals surface area (Å²) in [6, 6.07) is 9.20. The number of imidazole rings is 1. The highest BCUT2D eigenvalue weighted by Gasteiger charge is 2.29. The number of hydrogen-bond acceptors (Lipinski definition) is 4. The van der Waals surface area contributed by atoms with E-state index in [-0.39, 0.29) is 11.7 Å². The largest absolute Gasteiger partial charge is 0.505 e. The number of nitrogens with one attached hydrogen (secondary N) is 1. The number of likely N-dealkylation sites (tertiary alicyclic amines) is 1. The maximum Gasteiger partial charge on any atom is 0.168 e. The number of rotatable bonds is 4. The zero-order chi connectivity index (χ0) is 19.0. The lowest BCUT2D eigenvalue weighted by Gasteiger charge is -2.31. The molecule has 0 aliphatic carbocycles. The number of nitrogens with zero attached hydrogens (tertiary/aromatic N) is 2. The molecule has 1 saturated heterocycles. The van der Waals surface area contributed by atoms with Crippen molar-refractivity contribution in [3.8, 4) is 5.75 Å². The van der Waals surface area contributed by atoms with Crippen LogP contribution in [0.5, 0.6) is 5.75 Å². The van der Waals surface area contributed by atoms with Crippen molar-refractivity contribution in [1.29, 1.82) is 0 Å². The van der Waals surface area contributed by atoms with Gasteiger partial charge in [-0.05, 0) is 38.1 Å². The van der Waals surface area contributed by atoms with Crippen LogP contribution in [0.25, 0.3) is 11.0 Å². The van der Waals surface area contributed by atoms with Gasteiger partial charge in [-0.2, -0.15) is 0 Å². The first-order valence-corrected chi connectivity index (χ1v) is 8.98. The zero-order valence-corrected chi connectivity index (χ0v) is 15.0. The van der Waals surface area contributed by atoms with Gasteiger partial charge < -0.3 is 19.7 Å². The van der Waals surface area contributed by atoms with Crippen molar-refractivity contribution in [2.45, 2.75) is 25.0 Å². The number of hydrogen-bond donors (Lipinski definition) is 2. The molecule has 3 aromatic rings. The van der Waals surface area contributed by atoms with Crippen molar-refractivity contribution in [1.82, 2.24) is 14.9 Å². The molecule has 0 amide bonds. The van der Waals surface area contributed by atoms with Crippen LogP contribution in [0.4, 0.5) is 8.78 Å². The molecule has 1 unspecified atom stereocenters. The van der Waals surface area contributed by atoms with Crippen molar-refractivity contribution in [3.05, 3.63) is 59.4 Å². The lowest BCUT2D eigenvalue weighted by Crippen LogP contribution is -2.35. The smallest absolute Gasteiger partial charge is 0.168 e. The Morgan fingerprint density at radius 3 is 2.70 bits per heavy atom. The quantitative estimate of drug-likeness (QED) is 0.731. The first-order valence-electron chi connectivity index (χ1n) is 8.98. The van der Waals surface area contributed by atoms with Gasteiger partial charge >= 0.3 is 0 Å². The number of H-pyrrole nitrogens is 1. The highest BCUT2D eigenvalue weighted by molar-refractivity contribution is 5.75. The van der Waals surface area contributed by atoms with E-state index in [1.165, 1.54) is 0 Å². The Balaban J connectivity index is 1.75. The number of halogens is 2. The number of aromatic amines is 1. The molecule has 4 rings (SSSR count). The summed E-state index contributed by atoms with van der Waals surface area (Å²) in [5.74, 6) is -1.99. The third-order valence-electron chi connectivity index (χ3n) is 4.99. The minimum Gasteiger partial charge on any atom is -0.505 e. The zero-order valence-electron chi connectivity index (χ0n) is 15.0. The van der Waals surface area contributed by atoms with E-state index in [2.05, 4.69) is 14.9 Å². The first kappa shape index (κ1) is 17.9. The predicted octanol–water partition coefficient (Wildman–Crippen LogP) is 3.75. The lowest BCUT2D eigenvalue weighted by molar-refractivity contribution is -0.0274. The molecule has 2 heterocycles. The fraction of sp³-hybridized carbons (Fsp3) is 0.350. The second kappa shape index (κ2) is 7.25. The Labute approximate surface area is 155 Å². The van der Waals surface area contributed by atoms with Crippen LogP contribution in [0.1, 0.15) is 30.3 Å². The van der Waals surface area contributed by atoms with E-state index < -0.39 is 23.5 Å². The molecule has 2 N–H and O–H groups in total. The number of piperidine rings is 1. The second-order valence-electron chi connectivity index (χ2n) is 6.98. The molecular formula is C20H21F2N3O2. The van der Waals surface area contributed by atoms with Crippen LogP contribution >= 0.6 is 0 Å². The fourth-order valence-electron chi connectivity index (χ4n) is 3.48. The average molecular weight is 373 g/mol. The summed E-state index contributed by atoms with van der Waals surface area (Å²) in [4.78, 5) is 9.88. The van der Waals surface area contributed by atoms with Gasteiger partial charge in [0.05, 0.1) is 17.1 Å². The molecule has 5 nitrogen and oxygen atoms in total. The van der Waals surface area contributed by atoms with Gasteiger partial charge in [-0.1, -0.05) is 12.1 Å². The Hall–Kier alpha value is -2.51. The molecule has 1 aliphatic heterocycles. The summed E-state index contributed by atoms with van der Waals surface area (Å²) in [6.45, 7) is 1.75. The second-order valence-corrected chi connectivity index (χ2v) is 6.98. The SMILES string of the molecule is CN1CCC(OC(c2nc3ccccc3[nH]2)c2cc(F)cc(F)c2O)CC1. The summed E-state index contributed by atoms with van der Waals surface area (Å²) < 4.78 is 34.1. The molecule has 1 aromatic heterocycles. The van der Waals surface area contributed by atoms with E-state index in [4.69, 9.17) is 4.74 Å². The van der Waals surface area contributed by atoms with Gasteiger partial charge in [0.15, 0.2) is 11.6 Å². The highest BCUT2D eigenvalue weighted by Crippen LogP contribution is 2.36. The summed E-state index contributed by atoms with van der Waals surface area (Å²) in [5.41, 5.74) is 1.55. The molecule has 1 aliphatic rings. The minimum absolute atomic E-state index is 0.0329. The average Bonchev–Trinajstić information content (AvgIpc) is 3.08. The maximum atomic E-state index is 14.0. The Bertz CT molecular complexity index is 919. The Morgan fingerprint density at radius 1 is 1.22 bits per heavy atom. The van der Waals surface area contributed by atoms with E-state index in [0.717, 1.165) is 43.0 Å².